The first-order valence-corrected chi connectivity index (χ1v) is 9.48. The molecule has 4 rings (SSSR count). The van der Waals surface area contributed by atoms with Crippen LogP contribution in [0.1, 0.15) is 18.4 Å². The van der Waals surface area contributed by atoms with Crippen LogP contribution < -0.4 is 10.1 Å². The third-order valence-electron chi connectivity index (χ3n) is 4.81. The molecule has 1 aliphatic rings. The summed E-state index contributed by atoms with van der Waals surface area (Å²) in [4.78, 5) is 0. The van der Waals surface area contributed by atoms with E-state index in [0.29, 0.717) is 27.6 Å². The van der Waals surface area contributed by atoms with Gasteiger partial charge in [0.1, 0.15) is 11.9 Å². The summed E-state index contributed by atoms with van der Waals surface area (Å²) in [5, 5.41) is 8.12. The Morgan fingerprint density at radius 2 is 1.89 bits per heavy atom. The van der Waals surface area contributed by atoms with Crippen molar-refractivity contribution in [3.05, 3.63) is 65.2 Å². The molecule has 0 unspecified atom stereocenters. The van der Waals surface area contributed by atoms with Crippen LogP contribution >= 0.6 is 11.6 Å². The molecule has 27 heavy (non-hydrogen) atoms. The van der Waals surface area contributed by atoms with Crippen LogP contribution in [-0.2, 0) is 0 Å². The molecule has 2 heterocycles. The van der Waals surface area contributed by atoms with Crippen molar-refractivity contribution in [3.8, 4) is 22.6 Å². The normalized spacial score (nSPS) is 15.1. The molecule has 1 fully saturated rings. The van der Waals surface area contributed by atoms with Crippen molar-refractivity contribution in [3.63, 3.8) is 0 Å². The molecule has 0 bridgehead atoms. The molecule has 4 nitrogen and oxygen atoms in total. The average molecular weight is 386 g/mol. The molecule has 1 N–H and O–H groups in total. The maximum Gasteiger partial charge on any atom is 0.224 e. The van der Waals surface area contributed by atoms with Gasteiger partial charge < -0.3 is 10.1 Å². The maximum atomic E-state index is 15.2. The molecule has 0 saturated carbocycles. The number of aryl methyl sites for hydroxylation is 1. The van der Waals surface area contributed by atoms with E-state index in [0.717, 1.165) is 31.5 Å². The number of nitrogens with zero attached hydrogens (tertiary/aromatic N) is 2. The van der Waals surface area contributed by atoms with Gasteiger partial charge in [-0.1, -0.05) is 29.8 Å². The summed E-state index contributed by atoms with van der Waals surface area (Å²) in [7, 11) is 0. The van der Waals surface area contributed by atoms with Crippen molar-refractivity contribution >= 4 is 11.6 Å². The Hall–Kier alpha value is -2.37. The lowest BCUT2D eigenvalue weighted by atomic mass is 10.0. The highest BCUT2D eigenvalue weighted by Gasteiger charge is 2.22. The average Bonchev–Trinajstić information content (AvgIpc) is 3.06. The van der Waals surface area contributed by atoms with E-state index < -0.39 is 5.95 Å². The first-order chi connectivity index (χ1) is 13.1. The smallest absolute Gasteiger partial charge is 0.224 e. The lowest BCUT2D eigenvalue weighted by Crippen LogP contribution is -2.34. The number of rotatable bonds is 4. The molecular formula is C21H21ClFN3O. The number of hydrogen-bond donors (Lipinski definition) is 1. The van der Waals surface area contributed by atoms with Gasteiger partial charge in [-0.3, -0.25) is 0 Å². The molecular weight excluding hydrogens is 365 g/mol. The van der Waals surface area contributed by atoms with Crippen molar-refractivity contribution in [1.29, 1.82) is 0 Å². The van der Waals surface area contributed by atoms with Crippen LogP contribution in [0.2, 0.25) is 5.02 Å². The highest BCUT2D eigenvalue weighted by Crippen LogP contribution is 2.38. The number of piperidine rings is 1. The van der Waals surface area contributed by atoms with Gasteiger partial charge >= 0.3 is 0 Å². The summed E-state index contributed by atoms with van der Waals surface area (Å²) < 4.78 is 22.8. The van der Waals surface area contributed by atoms with Gasteiger partial charge in [-0.15, -0.1) is 0 Å². The molecule has 0 spiro atoms. The van der Waals surface area contributed by atoms with E-state index in [9.17, 15) is 0 Å². The summed E-state index contributed by atoms with van der Waals surface area (Å²) in [6.07, 6.45) is 3.49. The van der Waals surface area contributed by atoms with Crippen molar-refractivity contribution in [2.24, 2.45) is 0 Å². The molecule has 1 aromatic heterocycles. The molecule has 1 saturated heterocycles. The summed E-state index contributed by atoms with van der Waals surface area (Å²) in [5.41, 5.74) is 2.58. The molecule has 2 aromatic carbocycles. The van der Waals surface area contributed by atoms with Gasteiger partial charge in [0.05, 0.1) is 17.4 Å². The van der Waals surface area contributed by atoms with Gasteiger partial charge in [-0.25, -0.2) is 4.68 Å². The quantitative estimate of drug-likeness (QED) is 0.703. The predicted octanol–water partition coefficient (Wildman–Crippen LogP) is 4.77. The van der Waals surface area contributed by atoms with Gasteiger partial charge in [0.15, 0.2) is 0 Å². The van der Waals surface area contributed by atoms with Crippen molar-refractivity contribution in [2.45, 2.75) is 25.9 Å². The Bertz CT molecular complexity index is 936. The zero-order valence-electron chi connectivity index (χ0n) is 15.1. The van der Waals surface area contributed by atoms with E-state index in [1.54, 1.807) is 6.07 Å². The minimum atomic E-state index is -0.432. The fraction of sp³-hybridized carbons (Fsp3) is 0.286. The highest BCUT2D eigenvalue weighted by molar-refractivity contribution is 6.31. The van der Waals surface area contributed by atoms with Crippen molar-refractivity contribution in [1.82, 2.24) is 15.1 Å². The Kier molecular flexibility index (Phi) is 5.14. The molecule has 0 amide bonds. The second-order valence-electron chi connectivity index (χ2n) is 6.76. The fourth-order valence-corrected chi connectivity index (χ4v) is 3.70. The monoisotopic (exact) mass is 385 g/mol. The second-order valence-corrected chi connectivity index (χ2v) is 7.20. The lowest BCUT2D eigenvalue weighted by molar-refractivity contribution is 0.162. The minimum absolute atomic E-state index is 0.108. The van der Waals surface area contributed by atoms with Crippen molar-refractivity contribution < 1.29 is 9.13 Å². The maximum absolute atomic E-state index is 15.2. The summed E-state index contributed by atoms with van der Waals surface area (Å²) in [5.74, 6) is 0.246. The second kappa shape index (κ2) is 7.71. The minimum Gasteiger partial charge on any atom is -0.489 e. The number of halogens is 2. The highest BCUT2D eigenvalue weighted by atomic mass is 35.5. The van der Waals surface area contributed by atoms with Crippen LogP contribution in [0.4, 0.5) is 4.39 Å². The number of para-hydroxylation sites is 1. The summed E-state index contributed by atoms with van der Waals surface area (Å²) in [6.45, 7) is 3.78. The molecule has 0 radical (unpaired) electrons. The standard InChI is InChI=1S/C21H21ClFN3O/c1-14-11-15(22)12-18(20(14)27-17-7-9-24-10-8-17)19-13-25-26(21(19)23)16-5-3-2-4-6-16/h2-6,11-13,17,24H,7-10H2,1H3. The van der Waals surface area contributed by atoms with Gasteiger partial charge in [-0.2, -0.15) is 9.49 Å². The zero-order chi connectivity index (χ0) is 18.8. The lowest BCUT2D eigenvalue weighted by Gasteiger charge is -2.26. The number of aromatic nitrogens is 2. The Morgan fingerprint density at radius 3 is 2.63 bits per heavy atom. The van der Waals surface area contributed by atoms with Crippen LogP contribution in [-0.4, -0.2) is 29.0 Å². The summed E-state index contributed by atoms with van der Waals surface area (Å²) >= 11 is 6.28. The third kappa shape index (κ3) is 3.70. The number of hydrogen-bond acceptors (Lipinski definition) is 3. The van der Waals surface area contributed by atoms with E-state index in [-0.39, 0.29) is 6.10 Å². The van der Waals surface area contributed by atoms with E-state index >= 15 is 4.39 Å². The third-order valence-corrected chi connectivity index (χ3v) is 5.03. The van der Waals surface area contributed by atoms with Crippen molar-refractivity contribution in [2.75, 3.05) is 13.1 Å². The van der Waals surface area contributed by atoms with Crippen LogP contribution in [0.3, 0.4) is 0 Å². The number of ether oxygens (including phenoxy) is 1. The molecule has 140 valence electrons. The topological polar surface area (TPSA) is 39.1 Å². The van der Waals surface area contributed by atoms with E-state index in [1.807, 2.05) is 43.3 Å². The molecule has 6 heteroatoms. The van der Waals surface area contributed by atoms with Crippen LogP contribution in [0.25, 0.3) is 16.8 Å². The van der Waals surface area contributed by atoms with E-state index in [1.165, 1.54) is 10.9 Å². The zero-order valence-corrected chi connectivity index (χ0v) is 15.8. The largest absolute Gasteiger partial charge is 0.489 e. The predicted molar refractivity (Wildman–Crippen MR) is 105 cm³/mol. The fourth-order valence-electron chi connectivity index (χ4n) is 3.43. The number of nitrogens with one attached hydrogen (secondary N) is 1. The Labute approximate surface area is 162 Å². The van der Waals surface area contributed by atoms with Gasteiger partial charge in [0.25, 0.3) is 0 Å². The van der Waals surface area contributed by atoms with Gasteiger partial charge in [-0.05, 0) is 62.7 Å². The first kappa shape index (κ1) is 18.0. The van der Waals surface area contributed by atoms with Crippen LogP contribution in [0.5, 0.6) is 5.75 Å². The van der Waals surface area contributed by atoms with E-state index in [4.69, 9.17) is 16.3 Å². The SMILES string of the molecule is Cc1cc(Cl)cc(-c2cnn(-c3ccccc3)c2F)c1OC1CCNCC1. The van der Waals surface area contributed by atoms with Gasteiger partial charge in [0.2, 0.25) is 5.95 Å². The van der Waals surface area contributed by atoms with Crippen LogP contribution in [0.15, 0.2) is 48.7 Å². The molecule has 3 aromatic rings. The molecule has 0 aliphatic carbocycles. The molecule has 1 aliphatic heterocycles. The Balaban J connectivity index is 1.76. The van der Waals surface area contributed by atoms with Gasteiger partial charge in [0, 0.05) is 10.6 Å². The Morgan fingerprint density at radius 1 is 1.15 bits per heavy atom. The van der Waals surface area contributed by atoms with Crippen LogP contribution in [0, 0.1) is 12.9 Å². The van der Waals surface area contributed by atoms with E-state index in [2.05, 4.69) is 10.4 Å². The summed E-state index contributed by atoms with van der Waals surface area (Å²) in [6, 6.07) is 12.8. The number of benzene rings is 2. The first-order valence-electron chi connectivity index (χ1n) is 9.10. The molecule has 0 atom stereocenters.